The summed E-state index contributed by atoms with van der Waals surface area (Å²) in [6, 6.07) is -1.67. The van der Waals surface area contributed by atoms with Crippen molar-refractivity contribution in [2.24, 2.45) is 32.8 Å². The van der Waals surface area contributed by atoms with Crippen LogP contribution in [0.4, 0.5) is 8.78 Å². The van der Waals surface area contributed by atoms with Gasteiger partial charge in [-0.2, -0.15) is 0 Å². The highest BCUT2D eigenvalue weighted by Gasteiger charge is 2.46. The summed E-state index contributed by atoms with van der Waals surface area (Å²) in [6.07, 6.45) is 8.62. The van der Waals surface area contributed by atoms with Crippen molar-refractivity contribution >= 4 is 18.3 Å². The number of carbonyl (C=O) groups is 1. The van der Waals surface area contributed by atoms with Crippen LogP contribution in [0.2, 0.25) is 0 Å². The first-order chi connectivity index (χ1) is 19.2. The van der Waals surface area contributed by atoms with E-state index >= 15 is 4.39 Å². The molecule has 9 nitrogen and oxygen atoms in total. The molecule has 11 heteroatoms. The number of halogens is 2. The lowest BCUT2D eigenvalue weighted by Crippen LogP contribution is -2.65. The molecule has 4 heterocycles. The minimum Gasteiger partial charge on any atom is -0.372 e. The second-order valence-electron chi connectivity index (χ2n) is 13.1. The summed E-state index contributed by atoms with van der Waals surface area (Å²) in [5.41, 5.74) is 12.2. The van der Waals surface area contributed by atoms with Crippen molar-refractivity contribution in [3.8, 4) is 0 Å². The van der Waals surface area contributed by atoms with Crippen molar-refractivity contribution in [1.29, 1.82) is 0 Å². The van der Waals surface area contributed by atoms with Crippen molar-refractivity contribution in [2.75, 3.05) is 46.4 Å². The van der Waals surface area contributed by atoms with Gasteiger partial charge in [0.2, 0.25) is 5.91 Å². The number of ether oxygens (including phenoxy) is 1. The Morgan fingerprint density at radius 3 is 2.52 bits per heavy atom. The lowest BCUT2D eigenvalue weighted by molar-refractivity contribution is -0.138. The molecule has 5 aliphatic rings. The summed E-state index contributed by atoms with van der Waals surface area (Å²) < 4.78 is 36.3. The van der Waals surface area contributed by atoms with Crippen molar-refractivity contribution in [3.63, 3.8) is 0 Å². The highest BCUT2D eigenvalue weighted by Crippen LogP contribution is 2.46. The average Bonchev–Trinajstić information content (AvgIpc) is 2.91. The van der Waals surface area contributed by atoms with E-state index in [1.165, 1.54) is 12.6 Å². The van der Waals surface area contributed by atoms with Crippen molar-refractivity contribution < 1.29 is 18.3 Å². The Morgan fingerprint density at radius 1 is 1.07 bits per heavy atom. The SMILES string of the molecule is CN1CCOC2(CCN(C3C(F)CN=CC3NC(=O)C(C(N)N)C3CC4(CCCCC4)CCC(F)/C=N\3)CC2)C1. The molecule has 0 aromatic heterocycles. The van der Waals surface area contributed by atoms with Crippen molar-refractivity contribution in [3.05, 3.63) is 0 Å². The number of nitrogens with zero attached hydrogens (tertiary/aromatic N) is 4. The monoisotopic (exact) mass is 565 g/mol. The molecule has 2 spiro atoms. The topological polar surface area (TPSA) is 122 Å². The Labute approximate surface area is 237 Å². The predicted octanol–water partition coefficient (Wildman–Crippen LogP) is 1.83. The maximum absolute atomic E-state index is 15.5. The second kappa shape index (κ2) is 12.8. The Hall–Kier alpha value is -1.53. The summed E-state index contributed by atoms with van der Waals surface area (Å²) in [7, 11) is 2.11. The lowest BCUT2D eigenvalue weighted by Gasteiger charge is -2.49. The lowest BCUT2D eigenvalue weighted by atomic mass is 9.65. The van der Waals surface area contributed by atoms with Crippen LogP contribution in [-0.4, -0.2) is 117 Å². The van der Waals surface area contributed by atoms with Crippen LogP contribution >= 0.6 is 0 Å². The molecule has 5 N–H and O–H groups in total. The third-order valence-corrected chi connectivity index (χ3v) is 10.2. The van der Waals surface area contributed by atoms with Crippen LogP contribution in [0, 0.1) is 11.3 Å². The number of carbonyl (C=O) groups excluding carboxylic acids is 1. The third-order valence-electron chi connectivity index (χ3n) is 10.2. The molecular weight excluding hydrogens is 516 g/mol. The molecule has 0 aromatic carbocycles. The molecule has 2 saturated heterocycles. The van der Waals surface area contributed by atoms with E-state index in [4.69, 9.17) is 16.2 Å². The summed E-state index contributed by atoms with van der Waals surface area (Å²) >= 11 is 0. The molecule has 3 fully saturated rings. The Bertz CT molecular complexity index is 920. The highest BCUT2D eigenvalue weighted by molar-refractivity contribution is 5.84. The number of piperidine rings is 1. The Balaban J connectivity index is 1.30. The van der Waals surface area contributed by atoms with Gasteiger partial charge in [0.15, 0.2) is 0 Å². The van der Waals surface area contributed by atoms with Gasteiger partial charge >= 0.3 is 0 Å². The molecule has 0 radical (unpaired) electrons. The van der Waals surface area contributed by atoms with E-state index in [0.29, 0.717) is 32.5 Å². The molecule has 0 bridgehead atoms. The number of hydrogen-bond donors (Lipinski definition) is 3. The first-order valence-electron chi connectivity index (χ1n) is 15.4. The molecule has 4 aliphatic heterocycles. The molecule has 1 amide bonds. The van der Waals surface area contributed by atoms with Gasteiger partial charge in [0.05, 0.1) is 49.0 Å². The fourth-order valence-electron chi connectivity index (χ4n) is 8.00. The van der Waals surface area contributed by atoms with Crippen LogP contribution < -0.4 is 16.8 Å². The number of likely N-dealkylation sites (N-methyl/N-ethyl adjacent to an activating group) is 1. The summed E-state index contributed by atoms with van der Waals surface area (Å²) in [6.45, 7) is 3.97. The quantitative estimate of drug-likeness (QED) is 0.438. The minimum atomic E-state index is -1.21. The molecule has 1 aliphatic carbocycles. The van der Waals surface area contributed by atoms with Gasteiger partial charge in [-0.15, -0.1) is 0 Å². The van der Waals surface area contributed by atoms with Crippen LogP contribution in [0.15, 0.2) is 9.98 Å². The number of aliphatic imine (C=N–C) groups is 2. The summed E-state index contributed by atoms with van der Waals surface area (Å²) in [5, 5.41) is 3.06. The van der Waals surface area contributed by atoms with Crippen molar-refractivity contribution in [1.82, 2.24) is 15.1 Å². The maximum Gasteiger partial charge on any atom is 0.228 e. The van der Waals surface area contributed by atoms with Gasteiger partial charge in [0.1, 0.15) is 12.3 Å². The third kappa shape index (κ3) is 6.75. The highest BCUT2D eigenvalue weighted by atomic mass is 19.1. The van der Waals surface area contributed by atoms with Gasteiger partial charge in [0.25, 0.3) is 0 Å². The number of alkyl halides is 2. The molecule has 5 rings (SSSR count). The van der Waals surface area contributed by atoms with E-state index in [1.807, 2.05) is 0 Å². The largest absolute Gasteiger partial charge is 0.372 e. The fraction of sp³-hybridized carbons (Fsp3) is 0.897. The van der Waals surface area contributed by atoms with Gasteiger partial charge in [-0.25, -0.2) is 8.78 Å². The van der Waals surface area contributed by atoms with Crippen LogP contribution in [-0.2, 0) is 9.53 Å². The van der Waals surface area contributed by atoms with E-state index in [9.17, 15) is 9.18 Å². The number of hydrogen-bond acceptors (Lipinski definition) is 8. The summed E-state index contributed by atoms with van der Waals surface area (Å²) in [4.78, 5) is 27.1. The summed E-state index contributed by atoms with van der Waals surface area (Å²) in [5.74, 6) is -1.20. The first-order valence-corrected chi connectivity index (χ1v) is 15.4. The maximum atomic E-state index is 15.5. The number of nitrogens with one attached hydrogen (secondary N) is 1. The predicted molar refractivity (Wildman–Crippen MR) is 153 cm³/mol. The first kappa shape index (κ1) is 29.9. The molecule has 1 saturated carbocycles. The molecule has 6 unspecified atom stereocenters. The van der Waals surface area contributed by atoms with Gasteiger partial charge in [-0.1, -0.05) is 19.3 Å². The number of amides is 1. The van der Waals surface area contributed by atoms with Crippen molar-refractivity contribution in [2.45, 2.75) is 106 Å². The van der Waals surface area contributed by atoms with Crippen LogP contribution in [0.3, 0.4) is 0 Å². The van der Waals surface area contributed by atoms with Crippen LogP contribution in [0.1, 0.15) is 64.2 Å². The van der Waals surface area contributed by atoms with E-state index < -0.39 is 42.6 Å². The molecule has 40 heavy (non-hydrogen) atoms. The second-order valence-corrected chi connectivity index (χ2v) is 13.1. The van der Waals surface area contributed by atoms with Gasteiger partial charge in [0, 0.05) is 38.6 Å². The zero-order chi connectivity index (χ0) is 28.3. The zero-order valence-corrected chi connectivity index (χ0v) is 24.0. The van der Waals surface area contributed by atoms with E-state index in [-0.39, 0.29) is 23.5 Å². The van der Waals surface area contributed by atoms with Crippen LogP contribution in [0.25, 0.3) is 0 Å². The van der Waals surface area contributed by atoms with E-state index in [1.54, 1.807) is 6.21 Å². The van der Waals surface area contributed by atoms with Gasteiger partial charge in [-0.3, -0.25) is 19.7 Å². The zero-order valence-electron chi connectivity index (χ0n) is 24.0. The molecule has 0 aromatic rings. The normalized spacial score (nSPS) is 36.7. The number of nitrogens with two attached hydrogens (primary N) is 2. The van der Waals surface area contributed by atoms with Gasteiger partial charge < -0.3 is 26.4 Å². The van der Waals surface area contributed by atoms with Gasteiger partial charge in [-0.05, 0) is 57.4 Å². The number of morpholine rings is 1. The Morgan fingerprint density at radius 2 is 1.82 bits per heavy atom. The standard InChI is InChI=1S/C29H49F2N7O2/c1-37-13-14-40-29(19-37)9-11-38(12-10-29)25-21(31)17-34-18-23(25)36-27(39)24(26(32)33)22-15-28(6-3-2-4-7-28)8-5-20(30)16-35-22/h16,18,20-26H,2-15,17,19,32-33H2,1H3,(H,36,39)/b35-16-. The number of rotatable bonds is 5. The molecule has 6 atom stereocenters. The average molecular weight is 566 g/mol. The molecular formula is C29H49F2N7O2. The van der Waals surface area contributed by atoms with E-state index in [0.717, 1.165) is 58.0 Å². The fourth-order valence-corrected chi connectivity index (χ4v) is 8.00. The number of likely N-dealkylation sites (tertiary alicyclic amines) is 1. The van der Waals surface area contributed by atoms with E-state index in [2.05, 4.69) is 32.1 Å². The minimum absolute atomic E-state index is 0.0453. The Kier molecular flexibility index (Phi) is 9.56. The molecule has 226 valence electrons. The smallest absolute Gasteiger partial charge is 0.228 e. The van der Waals surface area contributed by atoms with Crippen LogP contribution in [0.5, 0.6) is 0 Å².